The van der Waals surface area contributed by atoms with Crippen molar-refractivity contribution in [2.75, 3.05) is 35.3 Å². The van der Waals surface area contributed by atoms with E-state index in [4.69, 9.17) is 11.6 Å². The Morgan fingerprint density at radius 2 is 1.19 bits per heavy atom. The van der Waals surface area contributed by atoms with Gasteiger partial charge in [0.25, 0.3) is 11.8 Å². The first kappa shape index (κ1) is 28.2. The van der Waals surface area contributed by atoms with E-state index in [-0.39, 0.29) is 44.5 Å². The van der Waals surface area contributed by atoms with E-state index in [0.29, 0.717) is 17.3 Å². The summed E-state index contributed by atoms with van der Waals surface area (Å²) < 4.78 is 0. The molecule has 2 rings (SSSR count). The molecule has 0 saturated carbocycles. The molecule has 2 aromatic carbocycles. The molecule has 31 heavy (non-hydrogen) atoms. The number of carbonyl (C=O) groups is 2. The van der Waals surface area contributed by atoms with E-state index in [9.17, 15) is 9.59 Å². The van der Waals surface area contributed by atoms with E-state index >= 15 is 0 Å². The summed E-state index contributed by atoms with van der Waals surface area (Å²) in [5.74, 6) is -0.0310. The van der Waals surface area contributed by atoms with Crippen LogP contribution in [0.3, 0.4) is 0 Å². The number of hydrogen-bond acceptors (Lipinski definition) is 2. The number of rotatable bonds is 8. The van der Waals surface area contributed by atoms with Crippen LogP contribution in [0.15, 0.2) is 30.3 Å². The molecule has 0 saturated heterocycles. The number of hydrogen-bond donors (Lipinski definition) is 2. The molecule has 0 unspecified atom stereocenters. The quantitative estimate of drug-likeness (QED) is 0.394. The molecule has 0 aliphatic heterocycles. The van der Waals surface area contributed by atoms with Gasteiger partial charge >= 0.3 is 0 Å². The van der Waals surface area contributed by atoms with Crippen LogP contribution in [0.4, 0.5) is 11.4 Å². The molecule has 0 aliphatic rings. The summed E-state index contributed by atoms with van der Waals surface area (Å²) in [4.78, 5) is 25.8. The third-order valence-corrected chi connectivity index (χ3v) is 10.6. The van der Waals surface area contributed by atoms with Crippen molar-refractivity contribution < 1.29 is 42.3 Å². The monoisotopic (exact) mass is 536 g/mol. The summed E-state index contributed by atoms with van der Waals surface area (Å²) in [7, 11) is -1.76. The molecule has 165 valence electrons. The summed E-state index contributed by atoms with van der Waals surface area (Å²) in [6.07, 6.45) is 2.53. The number of aryl methyl sites for hydroxylation is 4. The van der Waals surface area contributed by atoms with Crippen LogP contribution < -0.4 is 10.6 Å². The molecule has 4 nitrogen and oxygen atoms in total. The predicted molar refractivity (Wildman–Crippen MR) is 132 cm³/mol. The topological polar surface area (TPSA) is 58.2 Å². The second-order valence-electron chi connectivity index (χ2n) is 8.07. The van der Waals surface area contributed by atoms with Gasteiger partial charge in [0.05, 0.1) is 12.3 Å². The Hall–Kier alpha value is -0.796. The molecule has 0 fully saturated rings. The molecule has 2 N–H and O–H groups in total. The second kappa shape index (κ2) is 12.4. The van der Waals surface area contributed by atoms with Gasteiger partial charge in [-0.1, -0.05) is 29.8 Å². The Morgan fingerprint density at radius 1 is 0.806 bits per heavy atom. The summed E-state index contributed by atoms with van der Waals surface area (Å²) in [6, 6.07) is 9.68. The van der Waals surface area contributed by atoms with Crippen molar-refractivity contribution in [3.8, 4) is 0 Å². The summed E-state index contributed by atoms with van der Waals surface area (Å²) in [5.41, 5.74) is 5.67. The fourth-order valence-corrected chi connectivity index (χ4v) is 6.97. The molecule has 0 heterocycles. The standard InChI is InChI=1S/C24H32ClN2O2P.Y/c1-7-30(8-2,14-21(28)26-23-16(3)10-9-11-17(23)4)15-22(29)27-24-18(5)12-20(25)13-19(24)6;/h9-13H,7-8,14-15H2,1-6H3,(H-,26,27,28,29);/p+1. The molecule has 0 bridgehead atoms. The normalized spacial score (nSPS) is 10.9. The zero-order valence-electron chi connectivity index (χ0n) is 19.4. The predicted octanol–water partition coefficient (Wildman–Crippen LogP) is 6.21. The van der Waals surface area contributed by atoms with Crippen LogP contribution in [0.5, 0.6) is 0 Å². The summed E-state index contributed by atoms with van der Waals surface area (Å²) in [5, 5.41) is 6.82. The largest absolute Gasteiger partial charge is 0.322 e. The number of nitrogens with one attached hydrogen (secondary N) is 2. The molecule has 0 spiro atoms. The maximum atomic E-state index is 12.9. The molecular formula is C24H33ClN2O2PY+. The van der Waals surface area contributed by atoms with Crippen molar-refractivity contribution in [1.82, 2.24) is 0 Å². The van der Waals surface area contributed by atoms with Crippen molar-refractivity contribution in [1.29, 1.82) is 0 Å². The van der Waals surface area contributed by atoms with Gasteiger partial charge in [0.2, 0.25) is 0 Å². The maximum absolute atomic E-state index is 12.9. The van der Waals surface area contributed by atoms with Crippen LogP contribution in [0.2, 0.25) is 5.02 Å². The average Bonchev–Trinajstić information content (AvgIpc) is 2.67. The Kier molecular flexibility index (Phi) is 11.3. The Labute approximate surface area is 217 Å². The van der Waals surface area contributed by atoms with Gasteiger partial charge < -0.3 is 10.6 Å². The molecular weight excluding hydrogens is 504 g/mol. The first-order valence-electron chi connectivity index (χ1n) is 10.4. The van der Waals surface area contributed by atoms with Crippen LogP contribution in [-0.2, 0) is 42.3 Å². The summed E-state index contributed by atoms with van der Waals surface area (Å²) >= 11 is 6.10. The van der Waals surface area contributed by atoms with Gasteiger partial charge in [0, 0.05) is 56.4 Å². The third-order valence-electron chi connectivity index (χ3n) is 5.81. The van der Waals surface area contributed by atoms with Gasteiger partial charge in [-0.25, -0.2) is 0 Å². The molecule has 7 heteroatoms. The SMILES string of the molecule is CC[P+](CC)(CC(=O)Nc1c(C)cccc1C)CC(=O)Nc1c(C)cc(Cl)cc1C.[Y]. The molecule has 0 atom stereocenters. The van der Waals surface area contributed by atoms with E-state index in [1.54, 1.807) is 0 Å². The number of carbonyl (C=O) groups excluding carboxylic acids is 2. The van der Waals surface area contributed by atoms with Crippen molar-refractivity contribution in [3.05, 3.63) is 57.6 Å². The van der Waals surface area contributed by atoms with E-state index in [2.05, 4.69) is 24.5 Å². The van der Waals surface area contributed by atoms with E-state index in [0.717, 1.165) is 46.0 Å². The number of para-hydroxylation sites is 1. The van der Waals surface area contributed by atoms with E-state index < -0.39 is 7.26 Å². The minimum absolute atomic E-state index is 0. The van der Waals surface area contributed by atoms with Gasteiger partial charge in [-0.15, -0.1) is 0 Å². The molecule has 0 aromatic heterocycles. The fourth-order valence-electron chi connectivity index (χ4n) is 3.81. The summed E-state index contributed by atoms with van der Waals surface area (Å²) in [6.45, 7) is 12.1. The van der Waals surface area contributed by atoms with Crippen LogP contribution in [-0.4, -0.2) is 36.5 Å². The molecule has 0 aliphatic carbocycles. The van der Waals surface area contributed by atoms with Gasteiger partial charge in [-0.05, 0) is 75.9 Å². The van der Waals surface area contributed by atoms with E-state index in [1.807, 2.05) is 58.0 Å². The Balaban J connectivity index is 0.00000480. The van der Waals surface area contributed by atoms with Gasteiger partial charge in [-0.3, -0.25) is 9.59 Å². The molecule has 2 aromatic rings. The zero-order valence-corrected chi connectivity index (χ0v) is 23.9. The third kappa shape index (κ3) is 7.64. The van der Waals surface area contributed by atoms with Crippen molar-refractivity contribution in [3.63, 3.8) is 0 Å². The van der Waals surface area contributed by atoms with Crippen LogP contribution >= 0.6 is 18.9 Å². The average molecular weight is 537 g/mol. The van der Waals surface area contributed by atoms with Crippen LogP contribution in [0, 0.1) is 27.7 Å². The zero-order chi connectivity index (χ0) is 22.5. The Bertz CT molecular complexity index is 902. The second-order valence-corrected chi connectivity index (χ2v) is 13.1. The molecule has 1 radical (unpaired) electrons. The van der Waals surface area contributed by atoms with E-state index in [1.165, 1.54) is 0 Å². The maximum Gasteiger partial charge on any atom is 0.261 e. The number of amides is 2. The first-order chi connectivity index (χ1) is 14.1. The van der Waals surface area contributed by atoms with Gasteiger partial charge in [-0.2, -0.15) is 0 Å². The van der Waals surface area contributed by atoms with Crippen molar-refractivity contribution >= 4 is 42.1 Å². The number of anilines is 2. The fraction of sp³-hybridized carbons (Fsp3) is 0.417. The number of benzene rings is 2. The van der Waals surface area contributed by atoms with Crippen LogP contribution in [0.25, 0.3) is 0 Å². The minimum atomic E-state index is -1.76. The van der Waals surface area contributed by atoms with Crippen molar-refractivity contribution in [2.45, 2.75) is 41.5 Å². The molecule has 2 amide bonds. The minimum Gasteiger partial charge on any atom is -0.322 e. The van der Waals surface area contributed by atoms with Gasteiger partial charge in [0.15, 0.2) is 0 Å². The number of halogens is 1. The van der Waals surface area contributed by atoms with Crippen LogP contribution in [0.1, 0.15) is 36.1 Å². The van der Waals surface area contributed by atoms with Crippen molar-refractivity contribution in [2.24, 2.45) is 0 Å². The Morgan fingerprint density at radius 3 is 1.58 bits per heavy atom. The first-order valence-corrected chi connectivity index (χ1v) is 13.3. The van der Waals surface area contributed by atoms with Gasteiger partial charge in [0.1, 0.15) is 12.3 Å². The smallest absolute Gasteiger partial charge is 0.261 e.